The molecule has 2 heteroatoms. The van der Waals surface area contributed by atoms with Crippen molar-refractivity contribution in [3.05, 3.63) is 33.8 Å². The molecule has 2 rings (SSSR count). The van der Waals surface area contributed by atoms with Crippen LogP contribution in [0.5, 0.6) is 0 Å². The van der Waals surface area contributed by atoms with Crippen molar-refractivity contribution in [1.29, 1.82) is 5.26 Å². The predicted octanol–water partition coefficient (Wildman–Crippen LogP) is 3.70. The first-order chi connectivity index (χ1) is 6.69. The van der Waals surface area contributed by atoms with Gasteiger partial charge in [-0.2, -0.15) is 5.26 Å². The molecular weight excluding hydrogens is 238 g/mol. The molecule has 0 atom stereocenters. The van der Waals surface area contributed by atoms with Crippen LogP contribution in [0.15, 0.2) is 22.7 Å². The van der Waals surface area contributed by atoms with E-state index in [0.29, 0.717) is 0 Å². The Bertz CT molecular complexity index is 399. The van der Waals surface area contributed by atoms with E-state index in [1.165, 1.54) is 17.5 Å². The van der Waals surface area contributed by atoms with Gasteiger partial charge in [-0.25, -0.2) is 0 Å². The molecule has 1 aromatic carbocycles. The van der Waals surface area contributed by atoms with E-state index in [9.17, 15) is 5.26 Å². The Labute approximate surface area is 92.9 Å². The molecule has 0 saturated heterocycles. The van der Waals surface area contributed by atoms with Crippen molar-refractivity contribution in [2.75, 3.05) is 0 Å². The van der Waals surface area contributed by atoms with E-state index in [2.05, 4.69) is 35.0 Å². The molecule has 72 valence electrons. The van der Waals surface area contributed by atoms with Crippen LogP contribution in [-0.4, -0.2) is 0 Å². The number of nitriles is 1. The summed E-state index contributed by atoms with van der Waals surface area (Å²) < 4.78 is 1.11. The Morgan fingerprint density at radius 1 is 1.43 bits per heavy atom. The summed E-state index contributed by atoms with van der Waals surface area (Å²) >= 11 is 3.51. The highest BCUT2D eigenvalue weighted by atomic mass is 79.9. The number of hydrogen-bond donors (Lipinski definition) is 0. The van der Waals surface area contributed by atoms with Gasteiger partial charge in [0.2, 0.25) is 0 Å². The fourth-order valence-corrected chi connectivity index (χ4v) is 2.46. The van der Waals surface area contributed by atoms with Crippen LogP contribution < -0.4 is 0 Å². The van der Waals surface area contributed by atoms with Crippen molar-refractivity contribution in [3.8, 4) is 6.07 Å². The number of halogens is 1. The van der Waals surface area contributed by atoms with E-state index in [1.54, 1.807) is 0 Å². The van der Waals surface area contributed by atoms with E-state index in [4.69, 9.17) is 0 Å². The van der Waals surface area contributed by atoms with Gasteiger partial charge in [0.1, 0.15) is 0 Å². The molecule has 1 aromatic rings. The molecule has 0 radical (unpaired) electrons. The summed E-state index contributed by atoms with van der Waals surface area (Å²) in [6, 6.07) is 8.61. The minimum Gasteiger partial charge on any atom is -0.197 e. The zero-order valence-corrected chi connectivity index (χ0v) is 9.76. The Morgan fingerprint density at radius 2 is 2.14 bits per heavy atom. The van der Waals surface area contributed by atoms with Crippen LogP contribution in [0.2, 0.25) is 0 Å². The van der Waals surface area contributed by atoms with E-state index >= 15 is 0 Å². The van der Waals surface area contributed by atoms with Gasteiger partial charge in [0, 0.05) is 4.47 Å². The van der Waals surface area contributed by atoms with Crippen LogP contribution in [-0.2, 0) is 5.41 Å². The Kier molecular flexibility index (Phi) is 2.36. The van der Waals surface area contributed by atoms with Crippen LogP contribution in [0.1, 0.15) is 30.4 Å². The van der Waals surface area contributed by atoms with Crippen LogP contribution >= 0.6 is 15.9 Å². The molecule has 0 heterocycles. The second kappa shape index (κ2) is 3.40. The molecular formula is C12H12BrN. The van der Waals surface area contributed by atoms with Crippen LogP contribution in [0, 0.1) is 18.3 Å². The quantitative estimate of drug-likeness (QED) is 0.745. The molecule has 1 aliphatic rings. The highest BCUT2D eigenvalue weighted by Crippen LogP contribution is 2.45. The summed E-state index contributed by atoms with van der Waals surface area (Å²) in [6.07, 6.45) is 3.21. The zero-order valence-electron chi connectivity index (χ0n) is 8.18. The van der Waals surface area contributed by atoms with Crippen molar-refractivity contribution >= 4 is 15.9 Å². The average Bonchev–Trinajstić information content (AvgIpc) is 2.11. The van der Waals surface area contributed by atoms with Gasteiger partial charge in [0.25, 0.3) is 0 Å². The highest BCUT2D eigenvalue weighted by Gasteiger charge is 2.40. The lowest BCUT2D eigenvalue weighted by molar-refractivity contribution is 0.322. The van der Waals surface area contributed by atoms with Gasteiger partial charge in [0.15, 0.2) is 0 Å². The second-order valence-electron chi connectivity index (χ2n) is 3.96. The molecule has 1 nitrogen and oxygen atoms in total. The predicted molar refractivity (Wildman–Crippen MR) is 60.0 cm³/mol. The summed E-state index contributed by atoms with van der Waals surface area (Å²) in [5.74, 6) is 0. The standard InChI is InChI=1S/C12H12BrN/c1-9-10(4-2-5-11(9)13)12(8-14)6-3-7-12/h2,4-5H,3,6-7H2,1H3. The van der Waals surface area contributed by atoms with Crippen LogP contribution in [0.25, 0.3) is 0 Å². The monoisotopic (exact) mass is 249 g/mol. The van der Waals surface area contributed by atoms with E-state index in [1.807, 2.05) is 12.1 Å². The van der Waals surface area contributed by atoms with Gasteiger partial charge in [0.05, 0.1) is 11.5 Å². The van der Waals surface area contributed by atoms with Crippen LogP contribution in [0.3, 0.4) is 0 Å². The van der Waals surface area contributed by atoms with E-state index in [-0.39, 0.29) is 5.41 Å². The lowest BCUT2D eigenvalue weighted by Gasteiger charge is -2.36. The van der Waals surface area contributed by atoms with Crippen molar-refractivity contribution in [2.45, 2.75) is 31.6 Å². The fourth-order valence-electron chi connectivity index (χ4n) is 2.10. The smallest absolute Gasteiger partial charge is 0.0825 e. The normalized spacial score (nSPS) is 18.4. The largest absolute Gasteiger partial charge is 0.197 e. The molecule has 1 aliphatic carbocycles. The number of hydrogen-bond acceptors (Lipinski definition) is 1. The first kappa shape index (κ1) is 9.73. The molecule has 0 amide bonds. The minimum absolute atomic E-state index is 0.187. The summed E-state index contributed by atoms with van der Waals surface area (Å²) in [7, 11) is 0. The van der Waals surface area contributed by atoms with Gasteiger partial charge < -0.3 is 0 Å². The summed E-state index contributed by atoms with van der Waals surface area (Å²) in [4.78, 5) is 0. The van der Waals surface area contributed by atoms with E-state index in [0.717, 1.165) is 17.3 Å². The molecule has 1 fully saturated rings. The third-order valence-electron chi connectivity index (χ3n) is 3.20. The topological polar surface area (TPSA) is 23.8 Å². The minimum atomic E-state index is -0.187. The average molecular weight is 250 g/mol. The van der Waals surface area contributed by atoms with Crippen molar-refractivity contribution in [2.24, 2.45) is 0 Å². The number of benzene rings is 1. The third kappa shape index (κ3) is 1.27. The first-order valence-corrected chi connectivity index (χ1v) is 5.66. The van der Waals surface area contributed by atoms with Crippen molar-refractivity contribution in [1.82, 2.24) is 0 Å². The molecule has 14 heavy (non-hydrogen) atoms. The maximum atomic E-state index is 9.24. The molecule has 0 bridgehead atoms. The maximum absolute atomic E-state index is 9.24. The zero-order chi connectivity index (χ0) is 10.2. The number of rotatable bonds is 1. The first-order valence-electron chi connectivity index (χ1n) is 4.86. The highest BCUT2D eigenvalue weighted by molar-refractivity contribution is 9.10. The lowest BCUT2D eigenvalue weighted by Crippen LogP contribution is -2.33. The Hall–Kier alpha value is -0.810. The van der Waals surface area contributed by atoms with Crippen LogP contribution in [0.4, 0.5) is 0 Å². The number of nitrogens with zero attached hydrogens (tertiary/aromatic N) is 1. The summed E-state index contributed by atoms with van der Waals surface area (Å²) in [5, 5.41) is 9.24. The van der Waals surface area contributed by atoms with Gasteiger partial charge >= 0.3 is 0 Å². The Balaban J connectivity index is 2.51. The van der Waals surface area contributed by atoms with E-state index < -0.39 is 0 Å². The molecule has 0 aromatic heterocycles. The van der Waals surface area contributed by atoms with Gasteiger partial charge in [-0.15, -0.1) is 0 Å². The van der Waals surface area contributed by atoms with Gasteiger partial charge in [-0.05, 0) is 43.4 Å². The van der Waals surface area contributed by atoms with Gasteiger partial charge in [-0.1, -0.05) is 28.1 Å². The third-order valence-corrected chi connectivity index (χ3v) is 4.06. The molecule has 0 N–H and O–H groups in total. The molecule has 0 unspecified atom stereocenters. The van der Waals surface area contributed by atoms with Crippen molar-refractivity contribution < 1.29 is 0 Å². The molecule has 0 spiro atoms. The Morgan fingerprint density at radius 3 is 2.64 bits per heavy atom. The lowest BCUT2D eigenvalue weighted by atomic mass is 9.64. The summed E-state index contributed by atoms with van der Waals surface area (Å²) in [5.41, 5.74) is 2.24. The second-order valence-corrected chi connectivity index (χ2v) is 4.81. The maximum Gasteiger partial charge on any atom is 0.0825 e. The fraction of sp³-hybridized carbons (Fsp3) is 0.417. The molecule has 1 saturated carbocycles. The SMILES string of the molecule is Cc1c(Br)cccc1C1(C#N)CCC1. The summed E-state index contributed by atoms with van der Waals surface area (Å²) in [6.45, 7) is 2.08. The van der Waals surface area contributed by atoms with Crippen molar-refractivity contribution in [3.63, 3.8) is 0 Å². The molecule has 0 aliphatic heterocycles. The van der Waals surface area contributed by atoms with Gasteiger partial charge in [-0.3, -0.25) is 0 Å².